The molecule has 6 heteroatoms. The molecule has 0 spiro atoms. The first-order chi connectivity index (χ1) is 16.7. The molecule has 0 aromatic heterocycles. The lowest BCUT2D eigenvalue weighted by Gasteiger charge is -2.44. The lowest BCUT2D eigenvalue weighted by molar-refractivity contribution is -0.132. The minimum absolute atomic E-state index is 0.0224. The van der Waals surface area contributed by atoms with Gasteiger partial charge in [0.15, 0.2) is 11.7 Å². The fourth-order valence-corrected chi connectivity index (χ4v) is 5.88. The molecule has 5 rings (SSSR count). The van der Waals surface area contributed by atoms with E-state index in [1.54, 1.807) is 4.90 Å². The lowest BCUT2D eigenvalue weighted by Crippen LogP contribution is -2.54. The van der Waals surface area contributed by atoms with Crippen molar-refractivity contribution in [3.8, 4) is 5.75 Å². The Morgan fingerprint density at radius 1 is 1.14 bits per heavy atom. The Morgan fingerprint density at radius 3 is 2.60 bits per heavy atom. The maximum Gasteiger partial charge on any atom is 0.232 e. The Bertz CT molecular complexity index is 1210. The highest BCUT2D eigenvalue weighted by Gasteiger charge is 2.44. The molecule has 0 bridgehead atoms. The van der Waals surface area contributed by atoms with Crippen LogP contribution >= 0.6 is 0 Å². The number of carbonyl (C=O) groups excluding carboxylic acids is 2. The van der Waals surface area contributed by atoms with Crippen molar-refractivity contribution in [2.45, 2.75) is 77.3 Å². The standard InChI is InChI=1S/C29H35N3O3/c1-5-29(6-2)16-26(34)32(27(30)31-29)23-14-18-11-12-19(13-21(18)23)24(33)15-22-20-9-7-8-10-25(20)35-17-28(22,3)4/h7-13,22-23H,5-6,14-17H2,1-4H3,(H2,30,31)/t22-,23?/m1/s1. The first-order valence-corrected chi connectivity index (χ1v) is 12.7. The van der Waals surface area contributed by atoms with Crippen molar-refractivity contribution in [3.63, 3.8) is 0 Å². The molecule has 2 aromatic carbocycles. The number of aliphatic imine (C=N–C) groups is 1. The Morgan fingerprint density at radius 2 is 1.89 bits per heavy atom. The van der Waals surface area contributed by atoms with Gasteiger partial charge in [-0.25, -0.2) is 4.99 Å². The van der Waals surface area contributed by atoms with Gasteiger partial charge in [0, 0.05) is 23.3 Å². The summed E-state index contributed by atoms with van der Waals surface area (Å²) in [6, 6.07) is 13.8. The van der Waals surface area contributed by atoms with Gasteiger partial charge in [-0.15, -0.1) is 0 Å². The van der Waals surface area contributed by atoms with Crippen molar-refractivity contribution >= 4 is 17.6 Å². The molecule has 35 heavy (non-hydrogen) atoms. The molecule has 2 aromatic rings. The summed E-state index contributed by atoms with van der Waals surface area (Å²) in [6.07, 6.45) is 3.10. The molecule has 3 aliphatic rings. The summed E-state index contributed by atoms with van der Waals surface area (Å²) in [5.41, 5.74) is 9.74. The highest BCUT2D eigenvalue weighted by atomic mass is 16.5. The Labute approximate surface area is 207 Å². The van der Waals surface area contributed by atoms with E-state index in [9.17, 15) is 9.59 Å². The van der Waals surface area contributed by atoms with E-state index in [0.29, 0.717) is 31.0 Å². The smallest absolute Gasteiger partial charge is 0.232 e. The molecule has 0 fully saturated rings. The van der Waals surface area contributed by atoms with Crippen LogP contribution in [0, 0.1) is 5.41 Å². The SMILES string of the molecule is CCC1(CC)CC(=O)N(C2Cc3ccc(C(=O)C[C@@H]4c5ccccc5OCC4(C)C)cc32)C(N)=N1. The third kappa shape index (κ3) is 3.93. The first kappa shape index (κ1) is 23.6. The Balaban J connectivity index is 1.39. The fraction of sp³-hybridized carbons (Fsp3) is 0.483. The summed E-state index contributed by atoms with van der Waals surface area (Å²) in [7, 11) is 0. The molecule has 6 nitrogen and oxygen atoms in total. The minimum Gasteiger partial charge on any atom is -0.493 e. The van der Waals surface area contributed by atoms with Crippen LogP contribution in [0.4, 0.5) is 0 Å². The van der Waals surface area contributed by atoms with Crippen molar-refractivity contribution in [1.82, 2.24) is 4.90 Å². The molecular weight excluding hydrogens is 438 g/mol. The Kier molecular flexibility index (Phi) is 5.73. The van der Waals surface area contributed by atoms with Crippen molar-refractivity contribution in [2.24, 2.45) is 16.1 Å². The second kappa shape index (κ2) is 8.51. The van der Waals surface area contributed by atoms with E-state index in [2.05, 4.69) is 33.8 Å². The van der Waals surface area contributed by atoms with E-state index in [4.69, 9.17) is 15.5 Å². The van der Waals surface area contributed by atoms with E-state index in [1.165, 1.54) is 0 Å². The second-order valence-corrected chi connectivity index (χ2v) is 11.0. The van der Waals surface area contributed by atoms with Gasteiger partial charge in [-0.3, -0.25) is 14.5 Å². The van der Waals surface area contributed by atoms with E-state index in [0.717, 1.165) is 41.7 Å². The van der Waals surface area contributed by atoms with Crippen LogP contribution in [0.1, 0.15) is 92.4 Å². The molecule has 184 valence electrons. The van der Waals surface area contributed by atoms with Crippen LogP contribution in [-0.2, 0) is 11.2 Å². The summed E-state index contributed by atoms with van der Waals surface area (Å²) in [5, 5.41) is 0. The fourth-order valence-electron chi connectivity index (χ4n) is 5.88. The number of hydrogen-bond donors (Lipinski definition) is 1. The van der Waals surface area contributed by atoms with Gasteiger partial charge in [-0.05, 0) is 48.1 Å². The summed E-state index contributed by atoms with van der Waals surface area (Å²) in [6.45, 7) is 9.01. The molecule has 0 saturated heterocycles. The summed E-state index contributed by atoms with van der Waals surface area (Å²) < 4.78 is 5.96. The highest BCUT2D eigenvalue weighted by Crippen LogP contribution is 2.47. The topological polar surface area (TPSA) is 85.0 Å². The number of fused-ring (bicyclic) bond motifs is 2. The molecule has 1 aliphatic carbocycles. The average Bonchev–Trinajstić information content (AvgIpc) is 2.83. The predicted octanol–water partition coefficient (Wildman–Crippen LogP) is 5.16. The monoisotopic (exact) mass is 473 g/mol. The van der Waals surface area contributed by atoms with Gasteiger partial charge < -0.3 is 10.5 Å². The average molecular weight is 474 g/mol. The minimum atomic E-state index is -0.394. The quantitative estimate of drug-likeness (QED) is 0.587. The van der Waals surface area contributed by atoms with Gasteiger partial charge >= 0.3 is 0 Å². The van der Waals surface area contributed by atoms with Gasteiger partial charge in [0.2, 0.25) is 5.91 Å². The van der Waals surface area contributed by atoms with E-state index in [1.807, 2.05) is 36.4 Å². The third-order valence-corrected chi connectivity index (χ3v) is 8.44. The Hall–Kier alpha value is -3.15. The van der Waals surface area contributed by atoms with E-state index < -0.39 is 5.54 Å². The lowest BCUT2D eigenvalue weighted by atomic mass is 9.70. The van der Waals surface area contributed by atoms with Crippen molar-refractivity contribution in [1.29, 1.82) is 0 Å². The number of nitrogens with zero attached hydrogens (tertiary/aromatic N) is 2. The molecular formula is C29H35N3O3. The number of amides is 1. The van der Waals surface area contributed by atoms with Crippen LogP contribution in [0.25, 0.3) is 0 Å². The van der Waals surface area contributed by atoms with Crippen LogP contribution < -0.4 is 10.5 Å². The zero-order chi connectivity index (χ0) is 25.0. The van der Waals surface area contributed by atoms with Crippen LogP contribution in [0.15, 0.2) is 47.5 Å². The van der Waals surface area contributed by atoms with Crippen LogP contribution in [0.3, 0.4) is 0 Å². The van der Waals surface area contributed by atoms with Crippen LogP contribution in [-0.4, -0.2) is 34.7 Å². The molecule has 1 unspecified atom stereocenters. The molecule has 0 radical (unpaired) electrons. The van der Waals surface area contributed by atoms with Crippen molar-refractivity contribution < 1.29 is 14.3 Å². The molecule has 2 N–H and O–H groups in total. The molecule has 2 atom stereocenters. The van der Waals surface area contributed by atoms with Gasteiger partial charge in [-0.1, -0.05) is 58.0 Å². The number of ketones is 1. The van der Waals surface area contributed by atoms with Gasteiger partial charge in [-0.2, -0.15) is 0 Å². The number of rotatable bonds is 6. The predicted molar refractivity (Wildman–Crippen MR) is 137 cm³/mol. The number of guanidine groups is 1. The highest BCUT2D eigenvalue weighted by molar-refractivity contribution is 6.00. The van der Waals surface area contributed by atoms with Gasteiger partial charge in [0.05, 0.1) is 24.6 Å². The van der Waals surface area contributed by atoms with Crippen molar-refractivity contribution in [2.75, 3.05) is 6.61 Å². The number of Topliss-reactive ketones (excluding diaryl/α,β-unsaturated/α-hetero) is 1. The van der Waals surface area contributed by atoms with Crippen LogP contribution in [0.2, 0.25) is 0 Å². The van der Waals surface area contributed by atoms with E-state index in [-0.39, 0.29) is 29.1 Å². The summed E-state index contributed by atoms with van der Waals surface area (Å²) in [5.74, 6) is 1.38. The normalized spacial score (nSPS) is 23.9. The number of hydrogen-bond acceptors (Lipinski definition) is 5. The maximum absolute atomic E-state index is 13.5. The number of para-hydroxylation sites is 1. The van der Waals surface area contributed by atoms with Gasteiger partial charge in [0.1, 0.15) is 5.75 Å². The molecule has 1 amide bonds. The number of nitrogens with two attached hydrogens (primary N) is 1. The number of ether oxygens (including phenoxy) is 1. The third-order valence-electron chi connectivity index (χ3n) is 8.44. The number of benzene rings is 2. The first-order valence-electron chi connectivity index (χ1n) is 12.7. The second-order valence-electron chi connectivity index (χ2n) is 11.0. The van der Waals surface area contributed by atoms with E-state index >= 15 is 0 Å². The zero-order valence-corrected chi connectivity index (χ0v) is 21.1. The maximum atomic E-state index is 13.5. The molecule has 2 aliphatic heterocycles. The summed E-state index contributed by atoms with van der Waals surface area (Å²) in [4.78, 5) is 33.0. The largest absolute Gasteiger partial charge is 0.493 e. The molecule has 0 saturated carbocycles. The van der Waals surface area contributed by atoms with Crippen molar-refractivity contribution in [3.05, 3.63) is 64.7 Å². The zero-order valence-electron chi connectivity index (χ0n) is 21.1. The van der Waals surface area contributed by atoms with Gasteiger partial charge in [0.25, 0.3) is 0 Å². The van der Waals surface area contributed by atoms with Crippen LogP contribution in [0.5, 0.6) is 5.75 Å². The number of carbonyl (C=O) groups is 2. The summed E-state index contributed by atoms with van der Waals surface area (Å²) >= 11 is 0. The molecule has 2 heterocycles.